The second kappa shape index (κ2) is 9.80. The standard InChI is InChI=1S/C32H28N6O3S/c39-42(40)31-17-23(21-1-5-27-25(15-21)19-33-35-27)3-7-29(31)38(10-9-37-11-13-41-14-12-37)30-8-4-24(18-32(30)42)22-2-6-28-26(16-22)20-34-36-28/h1-8,15-20H,9-14H2,(H,33,35)(H,34,36). The number of nitrogens with zero attached hydrogens (tertiary/aromatic N) is 4. The maximum atomic E-state index is 14.4. The van der Waals surface area contributed by atoms with Crippen LogP contribution in [-0.4, -0.2) is 73.1 Å². The smallest absolute Gasteiger partial charge is 0.210 e. The zero-order valence-electron chi connectivity index (χ0n) is 22.7. The summed E-state index contributed by atoms with van der Waals surface area (Å²) >= 11 is 0. The van der Waals surface area contributed by atoms with Crippen molar-refractivity contribution in [3.8, 4) is 22.3 Å². The fraction of sp³-hybridized carbons (Fsp3) is 0.188. The van der Waals surface area contributed by atoms with Crippen molar-refractivity contribution >= 4 is 43.0 Å². The predicted molar refractivity (Wildman–Crippen MR) is 163 cm³/mol. The van der Waals surface area contributed by atoms with E-state index in [2.05, 4.69) is 30.2 Å². The fourth-order valence-corrected chi connectivity index (χ4v) is 7.77. The van der Waals surface area contributed by atoms with Gasteiger partial charge in [-0.1, -0.05) is 24.3 Å². The summed E-state index contributed by atoms with van der Waals surface area (Å²) in [6.45, 7) is 4.65. The Kier molecular flexibility index (Phi) is 5.88. The number of hydrogen-bond donors (Lipinski definition) is 2. The molecule has 0 atom stereocenters. The van der Waals surface area contributed by atoms with Crippen molar-refractivity contribution in [2.75, 3.05) is 44.3 Å². The first-order valence-corrected chi connectivity index (χ1v) is 15.5. The first-order chi connectivity index (χ1) is 20.5. The molecule has 0 aliphatic carbocycles. The molecule has 0 unspecified atom stereocenters. The largest absolute Gasteiger partial charge is 0.379 e. The minimum Gasteiger partial charge on any atom is -0.379 e. The lowest BCUT2D eigenvalue weighted by molar-refractivity contribution is 0.0394. The molecular weight excluding hydrogens is 548 g/mol. The molecule has 0 radical (unpaired) electrons. The molecule has 0 amide bonds. The second-order valence-corrected chi connectivity index (χ2v) is 12.7. The Labute approximate surface area is 242 Å². The molecule has 42 heavy (non-hydrogen) atoms. The number of rotatable bonds is 5. The van der Waals surface area contributed by atoms with Gasteiger partial charge in [0.15, 0.2) is 0 Å². The van der Waals surface area contributed by atoms with Crippen molar-refractivity contribution in [2.45, 2.75) is 9.79 Å². The Morgan fingerprint density at radius 2 is 1.17 bits per heavy atom. The molecule has 0 spiro atoms. The number of fused-ring (bicyclic) bond motifs is 4. The van der Waals surface area contributed by atoms with Gasteiger partial charge in [0.05, 0.1) is 57.8 Å². The van der Waals surface area contributed by atoms with Crippen LogP contribution in [0.15, 0.2) is 95.0 Å². The Balaban J connectivity index is 1.25. The Bertz CT molecular complexity index is 1950. The van der Waals surface area contributed by atoms with Gasteiger partial charge in [-0.25, -0.2) is 8.42 Å². The lowest BCUT2D eigenvalue weighted by Crippen LogP contribution is -2.41. The summed E-state index contributed by atoms with van der Waals surface area (Å²) in [4.78, 5) is 5.18. The molecule has 0 saturated carbocycles. The molecule has 10 heteroatoms. The average Bonchev–Trinajstić information content (AvgIpc) is 3.70. The molecule has 4 heterocycles. The molecule has 2 N–H and O–H groups in total. The van der Waals surface area contributed by atoms with E-state index >= 15 is 0 Å². The molecule has 2 aromatic heterocycles. The second-order valence-electron chi connectivity index (χ2n) is 10.8. The van der Waals surface area contributed by atoms with E-state index in [0.717, 1.165) is 76.9 Å². The van der Waals surface area contributed by atoms with Gasteiger partial charge in [-0.3, -0.25) is 15.1 Å². The van der Waals surface area contributed by atoms with Crippen molar-refractivity contribution < 1.29 is 13.2 Å². The molecule has 210 valence electrons. The maximum Gasteiger partial charge on any atom is 0.210 e. The molecular formula is C32H28N6O3S. The number of aromatic nitrogens is 4. The van der Waals surface area contributed by atoms with E-state index in [1.807, 2.05) is 72.8 Å². The zero-order valence-corrected chi connectivity index (χ0v) is 23.6. The number of benzene rings is 4. The molecule has 2 aliphatic rings. The molecule has 1 fully saturated rings. The summed E-state index contributed by atoms with van der Waals surface area (Å²) in [6, 6.07) is 23.6. The number of hydrogen-bond acceptors (Lipinski definition) is 7. The first kappa shape index (κ1) is 25.2. The summed E-state index contributed by atoms with van der Waals surface area (Å²) in [5, 5.41) is 16.2. The van der Waals surface area contributed by atoms with Crippen LogP contribution in [0.25, 0.3) is 44.1 Å². The maximum absolute atomic E-state index is 14.4. The van der Waals surface area contributed by atoms with Crippen LogP contribution in [0.2, 0.25) is 0 Å². The van der Waals surface area contributed by atoms with Crippen molar-refractivity contribution in [2.24, 2.45) is 0 Å². The van der Waals surface area contributed by atoms with Gasteiger partial charge in [-0.15, -0.1) is 0 Å². The van der Waals surface area contributed by atoms with Crippen LogP contribution in [0.1, 0.15) is 0 Å². The SMILES string of the molecule is O=S1(=O)c2cc(-c3ccc4[nH]ncc4c3)ccc2N(CCN2CCOCC2)c2ccc(-c3ccc4[nH]ncc4c3)cc21. The molecule has 4 aromatic carbocycles. The van der Waals surface area contributed by atoms with Crippen LogP contribution >= 0.6 is 0 Å². The highest BCUT2D eigenvalue weighted by Crippen LogP contribution is 2.46. The van der Waals surface area contributed by atoms with Crippen molar-refractivity contribution in [1.82, 2.24) is 25.3 Å². The Morgan fingerprint density at radius 3 is 1.71 bits per heavy atom. The lowest BCUT2D eigenvalue weighted by atomic mass is 10.0. The van der Waals surface area contributed by atoms with Gasteiger partial charge in [0, 0.05) is 37.0 Å². The number of nitrogens with one attached hydrogen (secondary N) is 2. The van der Waals surface area contributed by atoms with Crippen LogP contribution in [0.3, 0.4) is 0 Å². The monoisotopic (exact) mass is 576 g/mol. The van der Waals surface area contributed by atoms with Crippen LogP contribution in [-0.2, 0) is 14.6 Å². The van der Waals surface area contributed by atoms with Crippen LogP contribution < -0.4 is 4.90 Å². The minimum absolute atomic E-state index is 0.323. The van der Waals surface area contributed by atoms with Crippen molar-refractivity contribution in [1.29, 1.82) is 0 Å². The van der Waals surface area contributed by atoms with E-state index in [9.17, 15) is 8.42 Å². The average molecular weight is 577 g/mol. The topological polar surface area (TPSA) is 107 Å². The molecule has 2 aliphatic heterocycles. The molecule has 1 saturated heterocycles. The summed E-state index contributed by atoms with van der Waals surface area (Å²) < 4.78 is 34.3. The number of aromatic amines is 2. The van der Waals surface area contributed by atoms with Gasteiger partial charge < -0.3 is 9.64 Å². The zero-order chi connectivity index (χ0) is 28.3. The molecule has 6 aromatic rings. The highest BCUT2D eigenvalue weighted by atomic mass is 32.2. The van der Waals surface area contributed by atoms with Crippen molar-refractivity contribution in [3.05, 3.63) is 85.2 Å². The fourth-order valence-electron chi connectivity index (χ4n) is 6.06. The first-order valence-electron chi connectivity index (χ1n) is 14.0. The van der Waals surface area contributed by atoms with Crippen LogP contribution in [0, 0.1) is 0 Å². The van der Waals surface area contributed by atoms with E-state index < -0.39 is 9.84 Å². The predicted octanol–water partition coefficient (Wildman–Crippen LogP) is 5.39. The summed E-state index contributed by atoms with van der Waals surface area (Å²) in [5.41, 5.74) is 6.86. The van der Waals surface area contributed by atoms with Gasteiger partial charge in [0.1, 0.15) is 0 Å². The van der Waals surface area contributed by atoms with E-state index in [1.54, 1.807) is 12.4 Å². The van der Waals surface area contributed by atoms with Gasteiger partial charge in [-0.2, -0.15) is 10.2 Å². The lowest BCUT2D eigenvalue weighted by Gasteiger charge is -2.36. The Morgan fingerprint density at radius 1 is 0.667 bits per heavy atom. The third-order valence-corrected chi connectivity index (χ3v) is 10.2. The normalized spacial score (nSPS) is 16.5. The summed E-state index contributed by atoms with van der Waals surface area (Å²) in [7, 11) is -3.81. The van der Waals surface area contributed by atoms with Crippen molar-refractivity contribution in [3.63, 3.8) is 0 Å². The summed E-state index contributed by atoms with van der Waals surface area (Å²) in [5.74, 6) is 0. The third kappa shape index (κ3) is 4.18. The number of H-pyrrole nitrogens is 2. The number of morpholine rings is 1. The highest BCUT2D eigenvalue weighted by molar-refractivity contribution is 7.92. The summed E-state index contributed by atoms with van der Waals surface area (Å²) in [6.07, 6.45) is 3.56. The van der Waals surface area contributed by atoms with E-state index in [4.69, 9.17) is 4.74 Å². The van der Waals surface area contributed by atoms with E-state index in [-0.39, 0.29) is 0 Å². The van der Waals surface area contributed by atoms with Crippen LogP contribution in [0.4, 0.5) is 11.4 Å². The highest BCUT2D eigenvalue weighted by Gasteiger charge is 2.35. The quantitative estimate of drug-likeness (QED) is 0.283. The Hall–Kier alpha value is -4.51. The van der Waals surface area contributed by atoms with Gasteiger partial charge >= 0.3 is 0 Å². The third-order valence-electron chi connectivity index (χ3n) is 8.37. The van der Waals surface area contributed by atoms with Crippen LogP contribution in [0.5, 0.6) is 0 Å². The van der Waals surface area contributed by atoms with Gasteiger partial charge in [0.2, 0.25) is 9.84 Å². The molecule has 9 nitrogen and oxygen atoms in total. The molecule has 0 bridgehead atoms. The van der Waals surface area contributed by atoms with Gasteiger partial charge in [0.25, 0.3) is 0 Å². The van der Waals surface area contributed by atoms with E-state index in [1.165, 1.54) is 0 Å². The molecule has 8 rings (SSSR count). The van der Waals surface area contributed by atoms with E-state index in [0.29, 0.717) is 27.7 Å². The number of sulfone groups is 1. The minimum atomic E-state index is -3.81. The number of ether oxygens (including phenoxy) is 1. The van der Waals surface area contributed by atoms with Gasteiger partial charge in [-0.05, 0) is 70.8 Å². The number of anilines is 2.